The second-order valence-corrected chi connectivity index (χ2v) is 6.64. The number of aliphatic hydroxyl groups is 1. The molecule has 0 unspecified atom stereocenters. The zero-order valence-electron chi connectivity index (χ0n) is 15.1. The minimum absolute atomic E-state index is 0.251. The van der Waals surface area contributed by atoms with Crippen LogP contribution in [-0.4, -0.2) is 34.2 Å². The summed E-state index contributed by atoms with van der Waals surface area (Å²) in [6, 6.07) is 8.60. The number of hydrogen-bond acceptors (Lipinski definition) is 7. The highest BCUT2D eigenvalue weighted by Gasteiger charge is 2.21. The third-order valence-corrected chi connectivity index (χ3v) is 4.22. The van der Waals surface area contributed by atoms with E-state index >= 15 is 0 Å². The summed E-state index contributed by atoms with van der Waals surface area (Å²) < 4.78 is 2.74. The quantitative estimate of drug-likeness (QED) is 0.576. The molecule has 0 fully saturated rings. The number of nitrogens with zero attached hydrogens (tertiary/aromatic N) is 7. The summed E-state index contributed by atoms with van der Waals surface area (Å²) in [6.07, 6.45) is 6.00. The Morgan fingerprint density at radius 1 is 1.18 bits per heavy atom. The van der Waals surface area contributed by atoms with Crippen LogP contribution in [0.3, 0.4) is 0 Å². The van der Waals surface area contributed by atoms with Crippen LogP contribution < -0.4 is 5.56 Å². The van der Waals surface area contributed by atoms with Gasteiger partial charge in [0.2, 0.25) is 0 Å². The lowest BCUT2D eigenvalue weighted by Gasteiger charge is -2.15. The highest BCUT2D eigenvalue weighted by Crippen LogP contribution is 2.20. The average molecular weight is 373 g/mol. The van der Waals surface area contributed by atoms with Crippen molar-refractivity contribution in [1.82, 2.24) is 29.1 Å². The predicted octanol–water partition coefficient (Wildman–Crippen LogP) is 1.44. The van der Waals surface area contributed by atoms with Crippen LogP contribution in [0.1, 0.15) is 25.1 Å². The first-order valence-electron chi connectivity index (χ1n) is 8.41. The van der Waals surface area contributed by atoms with Gasteiger partial charge in [-0.1, -0.05) is 0 Å². The summed E-state index contributed by atoms with van der Waals surface area (Å²) in [5.41, 5.74) is -0.0990. The standard InChI is InChI=1S/C19H15N7O2/c1-19(2,28)15-11-23-26-14(10-22-18(26)24-15)13-6-4-8-25(17(13)27)16-12(9-20)5-3-7-21-16/h3-8,10-11,28H,1-2H3. The fraction of sp³-hybridized carbons (Fsp3) is 0.158. The van der Waals surface area contributed by atoms with Crippen molar-refractivity contribution in [1.29, 1.82) is 5.26 Å². The van der Waals surface area contributed by atoms with E-state index in [1.807, 2.05) is 6.07 Å². The van der Waals surface area contributed by atoms with Crippen LogP contribution in [0.15, 0.2) is 53.8 Å². The predicted molar refractivity (Wildman–Crippen MR) is 99.6 cm³/mol. The van der Waals surface area contributed by atoms with Gasteiger partial charge in [-0.25, -0.2) is 15.0 Å². The highest BCUT2D eigenvalue weighted by molar-refractivity contribution is 5.61. The molecule has 0 aliphatic rings. The summed E-state index contributed by atoms with van der Waals surface area (Å²) >= 11 is 0. The molecule has 0 saturated carbocycles. The van der Waals surface area contributed by atoms with E-state index in [1.165, 1.54) is 27.7 Å². The summed E-state index contributed by atoms with van der Waals surface area (Å²) in [4.78, 5) is 25.8. The number of pyridine rings is 2. The Hall–Kier alpha value is -3.90. The summed E-state index contributed by atoms with van der Waals surface area (Å²) in [6.45, 7) is 3.21. The first-order valence-corrected chi connectivity index (χ1v) is 8.41. The van der Waals surface area contributed by atoms with E-state index in [9.17, 15) is 15.2 Å². The number of imidazole rings is 1. The first-order chi connectivity index (χ1) is 13.4. The van der Waals surface area contributed by atoms with Gasteiger partial charge in [-0.05, 0) is 38.1 Å². The van der Waals surface area contributed by atoms with Gasteiger partial charge in [0.25, 0.3) is 11.3 Å². The highest BCUT2D eigenvalue weighted by atomic mass is 16.3. The van der Waals surface area contributed by atoms with Crippen LogP contribution in [0.2, 0.25) is 0 Å². The molecule has 9 nitrogen and oxygen atoms in total. The van der Waals surface area contributed by atoms with Crippen LogP contribution >= 0.6 is 0 Å². The molecule has 4 rings (SSSR count). The van der Waals surface area contributed by atoms with Crippen LogP contribution in [0.5, 0.6) is 0 Å². The van der Waals surface area contributed by atoms with Crippen LogP contribution in [0.4, 0.5) is 0 Å². The third-order valence-electron chi connectivity index (χ3n) is 4.22. The Morgan fingerprint density at radius 2 is 2.00 bits per heavy atom. The van der Waals surface area contributed by atoms with Gasteiger partial charge in [-0.15, -0.1) is 0 Å². The summed E-state index contributed by atoms with van der Waals surface area (Å²) in [7, 11) is 0. The second-order valence-electron chi connectivity index (χ2n) is 6.64. The van der Waals surface area contributed by atoms with E-state index in [0.717, 1.165) is 0 Å². The second kappa shape index (κ2) is 6.37. The van der Waals surface area contributed by atoms with Gasteiger partial charge in [-0.3, -0.25) is 9.36 Å². The van der Waals surface area contributed by atoms with E-state index in [4.69, 9.17) is 0 Å². The smallest absolute Gasteiger partial charge is 0.265 e. The van der Waals surface area contributed by atoms with Crippen molar-refractivity contribution in [3.8, 4) is 23.1 Å². The van der Waals surface area contributed by atoms with Crippen molar-refractivity contribution >= 4 is 5.78 Å². The molecular formula is C19H15N7O2. The number of aromatic nitrogens is 6. The van der Waals surface area contributed by atoms with Gasteiger partial charge in [0.1, 0.15) is 11.7 Å². The van der Waals surface area contributed by atoms with Crippen molar-refractivity contribution in [3.63, 3.8) is 0 Å². The van der Waals surface area contributed by atoms with E-state index in [2.05, 4.69) is 20.1 Å². The molecule has 0 radical (unpaired) electrons. The Morgan fingerprint density at radius 3 is 2.75 bits per heavy atom. The van der Waals surface area contributed by atoms with E-state index in [-0.39, 0.29) is 22.7 Å². The van der Waals surface area contributed by atoms with Crippen molar-refractivity contribution in [2.75, 3.05) is 0 Å². The minimum atomic E-state index is -1.16. The normalized spacial score (nSPS) is 11.5. The largest absolute Gasteiger partial charge is 0.384 e. The molecule has 0 saturated heterocycles. The summed E-state index contributed by atoms with van der Waals surface area (Å²) in [5, 5.41) is 23.7. The Labute approximate surface area is 159 Å². The average Bonchev–Trinajstić information content (AvgIpc) is 3.10. The molecule has 9 heteroatoms. The lowest BCUT2D eigenvalue weighted by molar-refractivity contribution is 0.0734. The van der Waals surface area contributed by atoms with Gasteiger partial charge in [0.15, 0.2) is 5.82 Å². The molecular weight excluding hydrogens is 358 g/mol. The lowest BCUT2D eigenvalue weighted by atomic mass is 10.1. The van der Waals surface area contributed by atoms with E-state index in [1.54, 1.807) is 44.3 Å². The minimum Gasteiger partial charge on any atom is -0.384 e. The molecule has 1 N–H and O–H groups in total. The molecule has 4 aromatic heterocycles. The van der Waals surface area contributed by atoms with Crippen LogP contribution in [0, 0.1) is 11.3 Å². The van der Waals surface area contributed by atoms with Gasteiger partial charge >= 0.3 is 0 Å². The van der Waals surface area contributed by atoms with Gasteiger partial charge in [0.05, 0.1) is 34.9 Å². The number of hydrogen-bond donors (Lipinski definition) is 1. The van der Waals surface area contributed by atoms with Crippen molar-refractivity contribution < 1.29 is 5.11 Å². The number of fused-ring (bicyclic) bond motifs is 1. The molecule has 4 heterocycles. The Balaban J connectivity index is 1.90. The molecule has 0 atom stereocenters. The lowest BCUT2D eigenvalue weighted by Crippen LogP contribution is -2.22. The molecule has 4 aromatic rings. The SMILES string of the molecule is CC(C)(O)c1cnn2c(-c3cccn(-c4ncccc4C#N)c3=O)cnc2n1. The van der Waals surface area contributed by atoms with Gasteiger partial charge in [0, 0.05) is 12.4 Å². The first kappa shape index (κ1) is 17.5. The molecule has 0 amide bonds. The molecule has 28 heavy (non-hydrogen) atoms. The van der Waals surface area contributed by atoms with Crippen molar-refractivity contribution in [2.24, 2.45) is 0 Å². The molecule has 0 bridgehead atoms. The maximum absolute atomic E-state index is 13.1. The Bertz CT molecular complexity index is 1290. The fourth-order valence-corrected chi connectivity index (χ4v) is 2.79. The van der Waals surface area contributed by atoms with Crippen molar-refractivity contribution in [3.05, 3.63) is 70.7 Å². The number of rotatable bonds is 3. The van der Waals surface area contributed by atoms with Crippen molar-refractivity contribution in [2.45, 2.75) is 19.4 Å². The zero-order chi connectivity index (χ0) is 19.9. The van der Waals surface area contributed by atoms with Crippen LogP contribution in [-0.2, 0) is 5.60 Å². The fourth-order valence-electron chi connectivity index (χ4n) is 2.79. The van der Waals surface area contributed by atoms with E-state index in [0.29, 0.717) is 17.0 Å². The third kappa shape index (κ3) is 2.82. The van der Waals surface area contributed by atoms with Gasteiger partial charge in [-0.2, -0.15) is 14.9 Å². The molecule has 138 valence electrons. The molecule has 0 spiro atoms. The van der Waals surface area contributed by atoms with E-state index < -0.39 is 5.60 Å². The summed E-state index contributed by atoms with van der Waals surface area (Å²) in [5.74, 6) is 0.515. The maximum Gasteiger partial charge on any atom is 0.265 e. The Kier molecular flexibility index (Phi) is 3.98. The number of nitriles is 1. The molecule has 0 aromatic carbocycles. The topological polar surface area (TPSA) is 122 Å². The molecule has 0 aliphatic heterocycles. The maximum atomic E-state index is 13.1. The molecule has 0 aliphatic carbocycles. The van der Waals surface area contributed by atoms with Gasteiger partial charge < -0.3 is 5.11 Å². The van der Waals surface area contributed by atoms with Crippen LogP contribution in [0.25, 0.3) is 22.9 Å². The zero-order valence-corrected chi connectivity index (χ0v) is 15.1. The monoisotopic (exact) mass is 373 g/mol.